The number of hydrogen-bond donors (Lipinski definition) is 1. The standard InChI is InChI=1S/C15H13NO3/c17-11-10-15(12-4-2-1-3-5-12)13-6-8-14(9-7-13)16(18)19/h1-10,17H,11H2/b15-10+. The van der Waals surface area contributed by atoms with E-state index in [4.69, 9.17) is 5.11 Å². The average Bonchev–Trinajstić information content (AvgIpc) is 2.46. The molecule has 0 amide bonds. The molecule has 2 aromatic rings. The molecule has 0 spiro atoms. The van der Waals surface area contributed by atoms with Gasteiger partial charge in [-0.05, 0) is 28.8 Å². The second-order valence-corrected chi connectivity index (χ2v) is 3.97. The summed E-state index contributed by atoms with van der Waals surface area (Å²) in [6, 6.07) is 15.9. The quantitative estimate of drug-likeness (QED) is 0.674. The Morgan fingerprint density at radius 2 is 1.63 bits per heavy atom. The van der Waals surface area contributed by atoms with Crippen LogP contribution >= 0.6 is 0 Å². The minimum Gasteiger partial charge on any atom is -0.392 e. The number of nitro benzene ring substituents is 1. The van der Waals surface area contributed by atoms with Crippen LogP contribution in [0.2, 0.25) is 0 Å². The summed E-state index contributed by atoms with van der Waals surface area (Å²) in [5, 5.41) is 19.7. The molecule has 0 heterocycles. The molecule has 0 aliphatic heterocycles. The Hall–Kier alpha value is -2.46. The summed E-state index contributed by atoms with van der Waals surface area (Å²) in [4.78, 5) is 10.2. The zero-order chi connectivity index (χ0) is 13.7. The van der Waals surface area contributed by atoms with Gasteiger partial charge in [-0.3, -0.25) is 10.1 Å². The third kappa shape index (κ3) is 3.05. The lowest BCUT2D eigenvalue weighted by molar-refractivity contribution is -0.384. The van der Waals surface area contributed by atoms with Crippen LogP contribution in [0.25, 0.3) is 5.57 Å². The van der Waals surface area contributed by atoms with E-state index in [1.807, 2.05) is 30.3 Å². The predicted octanol–water partition coefficient (Wildman–Crippen LogP) is 3.02. The van der Waals surface area contributed by atoms with E-state index in [1.165, 1.54) is 12.1 Å². The van der Waals surface area contributed by atoms with Crippen LogP contribution in [-0.4, -0.2) is 16.6 Å². The van der Waals surface area contributed by atoms with Crippen molar-refractivity contribution >= 4 is 11.3 Å². The molecular formula is C15H13NO3. The highest BCUT2D eigenvalue weighted by atomic mass is 16.6. The second-order valence-electron chi connectivity index (χ2n) is 3.97. The predicted molar refractivity (Wildman–Crippen MR) is 73.7 cm³/mol. The maximum Gasteiger partial charge on any atom is 0.269 e. The second kappa shape index (κ2) is 5.93. The van der Waals surface area contributed by atoms with E-state index in [1.54, 1.807) is 18.2 Å². The lowest BCUT2D eigenvalue weighted by Crippen LogP contribution is -1.92. The molecule has 0 saturated heterocycles. The molecule has 0 atom stereocenters. The van der Waals surface area contributed by atoms with Crippen LogP contribution in [0, 0.1) is 10.1 Å². The largest absolute Gasteiger partial charge is 0.392 e. The number of nitro groups is 1. The van der Waals surface area contributed by atoms with Crippen LogP contribution in [0.3, 0.4) is 0 Å². The zero-order valence-electron chi connectivity index (χ0n) is 10.2. The molecule has 4 nitrogen and oxygen atoms in total. The summed E-state index contributed by atoms with van der Waals surface area (Å²) < 4.78 is 0. The van der Waals surface area contributed by atoms with E-state index >= 15 is 0 Å². The van der Waals surface area contributed by atoms with Gasteiger partial charge in [0.1, 0.15) is 0 Å². The van der Waals surface area contributed by atoms with Crippen LogP contribution in [0.15, 0.2) is 60.7 Å². The van der Waals surface area contributed by atoms with Crippen molar-refractivity contribution in [3.8, 4) is 0 Å². The topological polar surface area (TPSA) is 63.4 Å². The highest BCUT2D eigenvalue weighted by Gasteiger charge is 2.08. The Bertz CT molecular complexity index is 589. The molecule has 2 rings (SSSR count). The minimum atomic E-state index is -0.429. The number of rotatable bonds is 4. The van der Waals surface area contributed by atoms with Gasteiger partial charge < -0.3 is 5.11 Å². The van der Waals surface area contributed by atoms with Crippen LogP contribution in [0.5, 0.6) is 0 Å². The Labute approximate surface area is 110 Å². The van der Waals surface area contributed by atoms with Crippen molar-refractivity contribution in [2.24, 2.45) is 0 Å². The Kier molecular flexibility index (Phi) is 4.05. The van der Waals surface area contributed by atoms with E-state index < -0.39 is 4.92 Å². The Balaban J connectivity index is 2.41. The van der Waals surface area contributed by atoms with Gasteiger partial charge in [0.25, 0.3) is 5.69 Å². The van der Waals surface area contributed by atoms with Gasteiger partial charge in [0.05, 0.1) is 11.5 Å². The number of non-ortho nitro benzene ring substituents is 1. The summed E-state index contributed by atoms with van der Waals surface area (Å²) in [6.45, 7) is -0.0821. The van der Waals surface area contributed by atoms with Gasteiger partial charge in [-0.1, -0.05) is 36.4 Å². The van der Waals surface area contributed by atoms with Gasteiger partial charge in [-0.15, -0.1) is 0 Å². The van der Waals surface area contributed by atoms with Gasteiger partial charge in [0.15, 0.2) is 0 Å². The summed E-state index contributed by atoms with van der Waals surface area (Å²) in [5.74, 6) is 0. The third-order valence-corrected chi connectivity index (χ3v) is 2.77. The molecule has 96 valence electrons. The molecule has 4 heteroatoms. The van der Waals surface area contributed by atoms with Crippen molar-refractivity contribution in [1.29, 1.82) is 0 Å². The molecule has 2 aromatic carbocycles. The maximum atomic E-state index is 10.6. The first kappa shape index (κ1) is 13.0. The van der Waals surface area contributed by atoms with Crippen LogP contribution < -0.4 is 0 Å². The summed E-state index contributed by atoms with van der Waals surface area (Å²) >= 11 is 0. The highest BCUT2D eigenvalue weighted by Crippen LogP contribution is 2.24. The summed E-state index contributed by atoms with van der Waals surface area (Å²) in [5.41, 5.74) is 2.72. The molecule has 0 aromatic heterocycles. The molecule has 0 radical (unpaired) electrons. The first-order valence-electron chi connectivity index (χ1n) is 5.83. The van der Waals surface area contributed by atoms with Crippen molar-refractivity contribution < 1.29 is 10.0 Å². The first-order valence-corrected chi connectivity index (χ1v) is 5.83. The monoisotopic (exact) mass is 255 g/mol. The van der Waals surface area contributed by atoms with Crippen molar-refractivity contribution in [3.63, 3.8) is 0 Å². The molecule has 0 unspecified atom stereocenters. The smallest absolute Gasteiger partial charge is 0.269 e. The molecule has 0 aliphatic rings. The number of aliphatic hydroxyl groups is 1. The molecule has 0 fully saturated rings. The van der Waals surface area contributed by atoms with Crippen LogP contribution in [0.1, 0.15) is 11.1 Å². The molecule has 0 bridgehead atoms. The van der Waals surface area contributed by atoms with Gasteiger partial charge in [-0.25, -0.2) is 0 Å². The van der Waals surface area contributed by atoms with E-state index in [-0.39, 0.29) is 12.3 Å². The number of benzene rings is 2. The number of nitrogens with zero attached hydrogens (tertiary/aromatic N) is 1. The van der Waals surface area contributed by atoms with Gasteiger partial charge >= 0.3 is 0 Å². The van der Waals surface area contributed by atoms with Crippen molar-refractivity contribution in [1.82, 2.24) is 0 Å². The van der Waals surface area contributed by atoms with E-state index in [0.717, 1.165) is 16.7 Å². The van der Waals surface area contributed by atoms with Crippen LogP contribution in [0.4, 0.5) is 5.69 Å². The zero-order valence-corrected chi connectivity index (χ0v) is 10.2. The van der Waals surface area contributed by atoms with Crippen molar-refractivity contribution in [2.45, 2.75) is 0 Å². The number of hydrogen-bond acceptors (Lipinski definition) is 3. The average molecular weight is 255 g/mol. The lowest BCUT2D eigenvalue weighted by atomic mass is 9.97. The van der Waals surface area contributed by atoms with Crippen molar-refractivity contribution in [2.75, 3.05) is 6.61 Å². The molecule has 1 N–H and O–H groups in total. The van der Waals surface area contributed by atoms with Gasteiger partial charge in [-0.2, -0.15) is 0 Å². The maximum absolute atomic E-state index is 10.6. The Morgan fingerprint density at radius 3 is 2.16 bits per heavy atom. The fourth-order valence-corrected chi connectivity index (χ4v) is 1.87. The SMILES string of the molecule is O=[N+]([O-])c1ccc(/C(=C/CO)c2ccccc2)cc1. The van der Waals surface area contributed by atoms with E-state index in [0.29, 0.717) is 0 Å². The Morgan fingerprint density at radius 1 is 1.05 bits per heavy atom. The molecule has 0 aliphatic carbocycles. The minimum absolute atomic E-state index is 0.0557. The van der Waals surface area contributed by atoms with Crippen LogP contribution in [-0.2, 0) is 0 Å². The fraction of sp³-hybridized carbons (Fsp3) is 0.0667. The van der Waals surface area contributed by atoms with E-state index in [9.17, 15) is 10.1 Å². The first-order chi connectivity index (χ1) is 9.22. The third-order valence-electron chi connectivity index (χ3n) is 2.77. The molecule has 0 saturated carbocycles. The van der Waals surface area contributed by atoms with E-state index in [2.05, 4.69) is 0 Å². The molecular weight excluding hydrogens is 242 g/mol. The summed E-state index contributed by atoms with van der Waals surface area (Å²) in [6.07, 6.45) is 1.69. The molecule has 19 heavy (non-hydrogen) atoms. The van der Waals surface area contributed by atoms with Gasteiger partial charge in [0, 0.05) is 12.1 Å². The normalized spacial score (nSPS) is 11.3. The lowest BCUT2D eigenvalue weighted by Gasteiger charge is -2.07. The van der Waals surface area contributed by atoms with Crippen molar-refractivity contribution in [3.05, 3.63) is 81.9 Å². The fourth-order valence-electron chi connectivity index (χ4n) is 1.87. The summed E-state index contributed by atoms with van der Waals surface area (Å²) in [7, 11) is 0. The number of aliphatic hydroxyl groups excluding tert-OH is 1. The highest BCUT2D eigenvalue weighted by molar-refractivity contribution is 5.80. The van der Waals surface area contributed by atoms with Gasteiger partial charge in [0.2, 0.25) is 0 Å².